The summed E-state index contributed by atoms with van der Waals surface area (Å²) in [5.74, 6) is 0.579. The van der Waals surface area contributed by atoms with Crippen LogP contribution in [0, 0.1) is 5.92 Å². The lowest BCUT2D eigenvalue weighted by Gasteiger charge is -2.35. The number of rotatable bonds is 6. The van der Waals surface area contributed by atoms with E-state index >= 15 is 0 Å². The molecule has 1 rings (SSSR count). The van der Waals surface area contributed by atoms with Crippen LogP contribution in [0.3, 0.4) is 0 Å². The van der Waals surface area contributed by atoms with Gasteiger partial charge in [0.05, 0.1) is 11.7 Å². The van der Waals surface area contributed by atoms with Crippen molar-refractivity contribution in [1.29, 1.82) is 0 Å². The molecular weight excluding hydrogens is 214 g/mol. The summed E-state index contributed by atoms with van der Waals surface area (Å²) < 4.78 is 5.75. The van der Waals surface area contributed by atoms with E-state index in [1.54, 1.807) is 0 Å². The van der Waals surface area contributed by atoms with Crippen LogP contribution in [0.4, 0.5) is 0 Å². The summed E-state index contributed by atoms with van der Waals surface area (Å²) in [6.07, 6.45) is 4.13. The molecule has 1 heterocycles. The highest BCUT2D eigenvalue weighted by Gasteiger charge is 2.27. The van der Waals surface area contributed by atoms with Gasteiger partial charge in [0.15, 0.2) is 0 Å². The van der Waals surface area contributed by atoms with Gasteiger partial charge in [-0.1, -0.05) is 27.7 Å². The van der Waals surface area contributed by atoms with Gasteiger partial charge in [0, 0.05) is 19.2 Å². The zero-order valence-corrected chi connectivity index (χ0v) is 11.8. The fourth-order valence-electron chi connectivity index (χ4n) is 2.31. The summed E-state index contributed by atoms with van der Waals surface area (Å²) in [6.45, 7) is 10.1. The summed E-state index contributed by atoms with van der Waals surface area (Å²) in [4.78, 5) is 0. The molecule has 3 nitrogen and oxygen atoms in total. The molecule has 0 aromatic heterocycles. The number of aliphatic hydroxyl groups is 1. The van der Waals surface area contributed by atoms with Crippen LogP contribution < -0.4 is 5.32 Å². The molecule has 2 atom stereocenters. The maximum Gasteiger partial charge on any atom is 0.0766 e. The van der Waals surface area contributed by atoms with E-state index in [0.717, 1.165) is 32.3 Å². The minimum Gasteiger partial charge on any atom is -0.389 e. The predicted molar refractivity (Wildman–Crippen MR) is 71.1 cm³/mol. The summed E-state index contributed by atoms with van der Waals surface area (Å²) in [6, 6.07) is 0.501. The van der Waals surface area contributed by atoms with Gasteiger partial charge in [-0.25, -0.2) is 0 Å². The lowest BCUT2D eigenvalue weighted by Crippen LogP contribution is -2.47. The Hall–Kier alpha value is -0.120. The molecule has 0 spiro atoms. The largest absolute Gasteiger partial charge is 0.389 e. The van der Waals surface area contributed by atoms with Gasteiger partial charge in [-0.15, -0.1) is 0 Å². The van der Waals surface area contributed by atoms with Crippen molar-refractivity contribution in [2.75, 3.05) is 13.2 Å². The van der Waals surface area contributed by atoms with Crippen LogP contribution in [0.5, 0.6) is 0 Å². The maximum absolute atomic E-state index is 10.2. The van der Waals surface area contributed by atoms with Gasteiger partial charge >= 0.3 is 0 Å². The van der Waals surface area contributed by atoms with Crippen molar-refractivity contribution in [1.82, 2.24) is 5.32 Å². The smallest absolute Gasteiger partial charge is 0.0766 e. The molecule has 17 heavy (non-hydrogen) atoms. The SMILES string of the molecule is CCC(O)(CC)CNC1CCOC(C(C)C)C1. The van der Waals surface area contributed by atoms with Gasteiger partial charge < -0.3 is 15.2 Å². The van der Waals surface area contributed by atoms with E-state index in [4.69, 9.17) is 4.74 Å². The molecule has 1 aliphatic rings. The maximum atomic E-state index is 10.2. The van der Waals surface area contributed by atoms with Gasteiger partial charge in [0.1, 0.15) is 0 Å². The number of hydrogen-bond acceptors (Lipinski definition) is 3. The second kappa shape index (κ2) is 6.72. The minimum absolute atomic E-state index is 0.373. The molecule has 0 aromatic carbocycles. The van der Waals surface area contributed by atoms with Crippen LogP contribution in [-0.4, -0.2) is 36.0 Å². The first-order valence-corrected chi connectivity index (χ1v) is 7.08. The Balaban J connectivity index is 2.36. The van der Waals surface area contributed by atoms with E-state index in [9.17, 15) is 5.11 Å². The van der Waals surface area contributed by atoms with Crippen LogP contribution in [0.25, 0.3) is 0 Å². The Morgan fingerprint density at radius 1 is 1.35 bits per heavy atom. The highest BCUT2D eigenvalue weighted by Crippen LogP contribution is 2.21. The fraction of sp³-hybridized carbons (Fsp3) is 1.00. The van der Waals surface area contributed by atoms with Crippen molar-refractivity contribution in [2.45, 2.75) is 71.1 Å². The Morgan fingerprint density at radius 2 is 2.00 bits per heavy atom. The normalized spacial score (nSPS) is 26.5. The van der Waals surface area contributed by atoms with Crippen molar-refractivity contribution in [2.24, 2.45) is 5.92 Å². The standard InChI is InChI=1S/C14H29NO2/c1-5-14(16,6-2)10-15-12-7-8-17-13(9-12)11(3)4/h11-13,15-16H,5-10H2,1-4H3. The molecule has 0 aromatic rings. The first-order chi connectivity index (χ1) is 8.00. The first kappa shape index (κ1) is 14.9. The molecule has 2 unspecified atom stereocenters. The van der Waals surface area contributed by atoms with E-state index in [1.807, 2.05) is 13.8 Å². The highest BCUT2D eigenvalue weighted by molar-refractivity contribution is 4.84. The van der Waals surface area contributed by atoms with Crippen molar-refractivity contribution < 1.29 is 9.84 Å². The van der Waals surface area contributed by atoms with Crippen LogP contribution in [-0.2, 0) is 4.74 Å². The molecule has 1 aliphatic heterocycles. The van der Waals surface area contributed by atoms with Crippen molar-refractivity contribution in [3.8, 4) is 0 Å². The summed E-state index contributed by atoms with van der Waals surface area (Å²) in [5.41, 5.74) is -0.536. The Labute approximate surface area is 106 Å². The van der Waals surface area contributed by atoms with E-state index in [0.29, 0.717) is 24.6 Å². The molecule has 1 fully saturated rings. The van der Waals surface area contributed by atoms with E-state index in [1.165, 1.54) is 0 Å². The molecule has 1 saturated heterocycles. The van der Waals surface area contributed by atoms with E-state index in [-0.39, 0.29) is 0 Å². The lowest BCUT2D eigenvalue weighted by molar-refractivity contribution is -0.0312. The van der Waals surface area contributed by atoms with Gasteiger partial charge in [0.2, 0.25) is 0 Å². The zero-order chi connectivity index (χ0) is 12.9. The number of ether oxygens (including phenoxy) is 1. The Morgan fingerprint density at radius 3 is 2.53 bits per heavy atom. The number of nitrogens with one attached hydrogen (secondary N) is 1. The minimum atomic E-state index is -0.536. The molecular formula is C14H29NO2. The average Bonchev–Trinajstić information content (AvgIpc) is 2.36. The zero-order valence-electron chi connectivity index (χ0n) is 11.8. The van der Waals surface area contributed by atoms with Gasteiger partial charge in [0.25, 0.3) is 0 Å². The molecule has 0 aliphatic carbocycles. The van der Waals surface area contributed by atoms with E-state index in [2.05, 4.69) is 19.2 Å². The number of hydrogen-bond donors (Lipinski definition) is 2. The third kappa shape index (κ3) is 4.57. The highest BCUT2D eigenvalue weighted by atomic mass is 16.5. The van der Waals surface area contributed by atoms with Gasteiger partial charge in [-0.3, -0.25) is 0 Å². The lowest BCUT2D eigenvalue weighted by atomic mass is 9.93. The van der Waals surface area contributed by atoms with Crippen LogP contribution in [0.15, 0.2) is 0 Å². The fourth-order valence-corrected chi connectivity index (χ4v) is 2.31. The van der Waals surface area contributed by atoms with E-state index < -0.39 is 5.60 Å². The van der Waals surface area contributed by atoms with Gasteiger partial charge in [-0.05, 0) is 31.6 Å². The Kier molecular flexibility index (Phi) is 5.90. The second-order valence-corrected chi connectivity index (χ2v) is 5.69. The molecule has 0 radical (unpaired) electrons. The third-order valence-electron chi connectivity index (χ3n) is 4.09. The van der Waals surface area contributed by atoms with Crippen LogP contribution in [0.1, 0.15) is 53.4 Å². The topological polar surface area (TPSA) is 41.5 Å². The second-order valence-electron chi connectivity index (χ2n) is 5.69. The first-order valence-electron chi connectivity index (χ1n) is 7.08. The monoisotopic (exact) mass is 243 g/mol. The quantitative estimate of drug-likeness (QED) is 0.752. The predicted octanol–water partition coefficient (Wildman–Crippen LogP) is 2.33. The summed E-state index contributed by atoms with van der Waals surface area (Å²) >= 11 is 0. The molecule has 0 saturated carbocycles. The molecule has 2 N–H and O–H groups in total. The summed E-state index contributed by atoms with van der Waals surface area (Å²) in [7, 11) is 0. The van der Waals surface area contributed by atoms with Crippen LogP contribution in [0.2, 0.25) is 0 Å². The van der Waals surface area contributed by atoms with Gasteiger partial charge in [-0.2, -0.15) is 0 Å². The average molecular weight is 243 g/mol. The van der Waals surface area contributed by atoms with Crippen molar-refractivity contribution in [3.05, 3.63) is 0 Å². The molecule has 0 amide bonds. The molecule has 3 heteroatoms. The third-order valence-corrected chi connectivity index (χ3v) is 4.09. The van der Waals surface area contributed by atoms with Crippen molar-refractivity contribution >= 4 is 0 Å². The van der Waals surface area contributed by atoms with Crippen LogP contribution >= 0.6 is 0 Å². The van der Waals surface area contributed by atoms with Crippen molar-refractivity contribution in [3.63, 3.8) is 0 Å². The molecule has 0 bridgehead atoms. The Bertz CT molecular complexity index is 214. The molecule has 102 valence electrons. The summed E-state index contributed by atoms with van der Waals surface area (Å²) in [5, 5.41) is 13.8.